The highest BCUT2D eigenvalue weighted by Gasteiger charge is 2.23. The highest BCUT2D eigenvalue weighted by molar-refractivity contribution is 5.36. The van der Waals surface area contributed by atoms with Crippen LogP contribution in [0.25, 0.3) is 0 Å². The molecule has 0 atom stereocenters. The molecule has 0 amide bonds. The van der Waals surface area contributed by atoms with Crippen LogP contribution in [0.4, 0.5) is 0 Å². The zero-order chi connectivity index (χ0) is 12.1. The number of hydrogen-bond donors (Lipinski definition) is 1. The molecule has 2 N–H and O–H groups in total. The van der Waals surface area contributed by atoms with Crippen LogP contribution in [0.2, 0.25) is 0 Å². The standard InChI is InChI=1S/C15H23NO/c1-2-17-15-6-4-3-5-14(15)13-9-7-12(11-16)8-10-13/h3-6,12-13H,2,7-11,16H2,1H3. The molecular weight excluding hydrogens is 210 g/mol. The maximum atomic E-state index is 5.74. The summed E-state index contributed by atoms with van der Waals surface area (Å²) in [5.41, 5.74) is 7.13. The quantitative estimate of drug-likeness (QED) is 0.866. The van der Waals surface area contributed by atoms with Crippen LogP contribution in [0.15, 0.2) is 24.3 Å². The maximum absolute atomic E-state index is 5.74. The molecule has 1 fully saturated rings. The van der Waals surface area contributed by atoms with Crippen molar-refractivity contribution in [2.24, 2.45) is 11.7 Å². The van der Waals surface area contributed by atoms with Crippen LogP contribution in [-0.2, 0) is 0 Å². The zero-order valence-corrected chi connectivity index (χ0v) is 10.7. The molecule has 1 saturated carbocycles. The van der Waals surface area contributed by atoms with Crippen LogP contribution in [0, 0.1) is 5.92 Å². The van der Waals surface area contributed by atoms with Gasteiger partial charge in [-0.05, 0) is 62.6 Å². The first kappa shape index (κ1) is 12.4. The lowest BCUT2D eigenvalue weighted by Gasteiger charge is -2.28. The van der Waals surface area contributed by atoms with E-state index in [2.05, 4.69) is 24.3 Å². The number of benzene rings is 1. The van der Waals surface area contributed by atoms with Gasteiger partial charge in [-0.15, -0.1) is 0 Å². The Morgan fingerprint density at radius 2 is 1.88 bits per heavy atom. The summed E-state index contributed by atoms with van der Waals surface area (Å²) in [5, 5.41) is 0. The number of ether oxygens (including phenoxy) is 1. The Hall–Kier alpha value is -1.02. The van der Waals surface area contributed by atoms with E-state index in [-0.39, 0.29) is 0 Å². The predicted molar refractivity (Wildman–Crippen MR) is 71.4 cm³/mol. The molecule has 17 heavy (non-hydrogen) atoms. The molecule has 0 spiro atoms. The molecule has 1 aliphatic rings. The van der Waals surface area contributed by atoms with Gasteiger partial charge in [0.1, 0.15) is 5.75 Å². The molecule has 2 rings (SSSR count). The molecule has 94 valence electrons. The van der Waals surface area contributed by atoms with Crippen LogP contribution in [0.1, 0.15) is 44.1 Å². The molecular formula is C15H23NO. The van der Waals surface area contributed by atoms with E-state index >= 15 is 0 Å². The van der Waals surface area contributed by atoms with Gasteiger partial charge in [-0.1, -0.05) is 18.2 Å². The highest BCUT2D eigenvalue weighted by Crippen LogP contribution is 2.39. The molecule has 1 aromatic carbocycles. The lowest BCUT2D eigenvalue weighted by molar-refractivity contribution is 0.308. The van der Waals surface area contributed by atoms with E-state index in [0.717, 1.165) is 24.8 Å². The topological polar surface area (TPSA) is 35.2 Å². The van der Waals surface area contributed by atoms with Gasteiger partial charge in [0.15, 0.2) is 0 Å². The largest absolute Gasteiger partial charge is 0.494 e. The van der Waals surface area contributed by atoms with Crippen LogP contribution in [0.5, 0.6) is 5.75 Å². The van der Waals surface area contributed by atoms with Gasteiger partial charge >= 0.3 is 0 Å². The van der Waals surface area contributed by atoms with Crippen LogP contribution >= 0.6 is 0 Å². The van der Waals surface area contributed by atoms with E-state index in [4.69, 9.17) is 10.5 Å². The summed E-state index contributed by atoms with van der Waals surface area (Å²) in [6.45, 7) is 3.64. The van der Waals surface area contributed by atoms with Gasteiger partial charge in [0.05, 0.1) is 6.61 Å². The molecule has 0 unspecified atom stereocenters. The van der Waals surface area contributed by atoms with Crippen molar-refractivity contribution in [3.8, 4) is 5.75 Å². The first-order valence-electron chi connectivity index (χ1n) is 6.77. The summed E-state index contributed by atoms with van der Waals surface area (Å²) in [6, 6.07) is 8.49. The van der Waals surface area contributed by atoms with E-state index in [0.29, 0.717) is 5.92 Å². The third-order valence-electron chi connectivity index (χ3n) is 3.84. The smallest absolute Gasteiger partial charge is 0.122 e. The summed E-state index contributed by atoms with van der Waals surface area (Å²) < 4.78 is 5.72. The molecule has 0 radical (unpaired) electrons. The van der Waals surface area contributed by atoms with Gasteiger partial charge in [0.25, 0.3) is 0 Å². The Morgan fingerprint density at radius 1 is 1.18 bits per heavy atom. The first-order chi connectivity index (χ1) is 8.35. The minimum absolute atomic E-state index is 0.667. The zero-order valence-electron chi connectivity index (χ0n) is 10.7. The SMILES string of the molecule is CCOc1ccccc1C1CCC(CN)CC1. The average Bonchev–Trinajstić information content (AvgIpc) is 2.40. The Morgan fingerprint density at radius 3 is 2.53 bits per heavy atom. The van der Waals surface area contributed by atoms with Crippen LogP contribution in [0.3, 0.4) is 0 Å². The molecule has 0 aliphatic heterocycles. The Bertz CT molecular complexity index is 343. The van der Waals surface area contributed by atoms with E-state index in [1.807, 2.05) is 6.92 Å². The van der Waals surface area contributed by atoms with Crippen molar-refractivity contribution >= 4 is 0 Å². The van der Waals surface area contributed by atoms with Crippen molar-refractivity contribution in [2.75, 3.05) is 13.2 Å². The maximum Gasteiger partial charge on any atom is 0.122 e. The van der Waals surface area contributed by atoms with Crippen molar-refractivity contribution < 1.29 is 4.74 Å². The van der Waals surface area contributed by atoms with Gasteiger partial charge in [-0.2, -0.15) is 0 Å². The molecule has 1 aromatic rings. The Kier molecular flexibility index (Phi) is 4.43. The number of rotatable bonds is 4. The van der Waals surface area contributed by atoms with Gasteiger partial charge in [-0.25, -0.2) is 0 Å². The molecule has 0 heterocycles. The molecule has 0 saturated heterocycles. The lowest BCUT2D eigenvalue weighted by Crippen LogP contribution is -2.20. The molecule has 2 heteroatoms. The van der Waals surface area contributed by atoms with E-state index in [9.17, 15) is 0 Å². The first-order valence-corrected chi connectivity index (χ1v) is 6.77. The van der Waals surface area contributed by atoms with E-state index in [1.165, 1.54) is 31.2 Å². The minimum atomic E-state index is 0.667. The summed E-state index contributed by atoms with van der Waals surface area (Å²) >= 11 is 0. The monoisotopic (exact) mass is 233 g/mol. The van der Waals surface area contributed by atoms with Crippen molar-refractivity contribution in [2.45, 2.75) is 38.5 Å². The van der Waals surface area contributed by atoms with Crippen molar-refractivity contribution in [1.82, 2.24) is 0 Å². The van der Waals surface area contributed by atoms with Crippen molar-refractivity contribution in [3.63, 3.8) is 0 Å². The van der Waals surface area contributed by atoms with E-state index in [1.54, 1.807) is 0 Å². The number of nitrogens with two attached hydrogens (primary N) is 1. The van der Waals surface area contributed by atoms with Crippen molar-refractivity contribution in [1.29, 1.82) is 0 Å². The summed E-state index contributed by atoms with van der Waals surface area (Å²) in [6.07, 6.45) is 5.04. The number of para-hydroxylation sites is 1. The molecule has 0 aromatic heterocycles. The molecule has 0 bridgehead atoms. The number of hydrogen-bond acceptors (Lipinski definition) is 2. The van der Waals surface area contributed by atoms with Crippen LogP contribution in [-0.4, -0.2) is 13.2 Å². The second-order valence-corrected chi connectivity index (χ2v) is 4.92. The second kappa shape index (κ2) is 6.06. The Labute approximate surface area is 104 Å². The van der Waals surface area contributed by atoms with Gasteiger partial charge < -0.3 is 10.5 Å². The fourth-order valence-corrected chi connectivity index (χ4v) is 2.81. The summed E-state index contributed by atoms with van der Waals surface area (Å²) in [4.78, 5) is 0. The normalized spacial score (nSPS) is 24.6. The third kappa shape index (κ3) is 3.01. The predicted octanol–water partition coefficient (Wildman–Crippen LogP) is 3.32. The van der Waals surface area contributed by atoms with Gasteiger partial charge in [0, 0.05) is 0 Å². The molecule has 1 aliphatic carbocycles. The fraction of sp³-hybridized carbons (Fsp3) is 0.600. The second-order valence-electron chi connectivity index (χ2n) is 4.92. The Balaban J connectivity index is 2.07. The van der Waals surface area contributed by atoms with E-state index < -0.39 is 0 Å². The lowest BCUT2D eigenvalue weighted by atomic mass is 9.78. The van der Waals surface area contributed by atoms with Crippen LogP contribution < -0.4 is 10.5 Å². The van der Waals surface area contributed by atoms with Crippen molar-refractivity contribution in [3.05, 3.63) is 29.8 Å². The average molecular weight is 233 g/mol. The molecule has 2 nitrogen and oxygen atoms in total. The summed E-state index contributed by atoms with van der Waals surface area (Å²) in [7, 11) is 0. The highest BCUT2D eigenvalue weighted by atomic mass is 16.5. The van der Waals surface area contributed by atoms with Gasteiger partial charge in [0.2, 0.25) is 0 Å². The minimum Gasteiger partial charge on any atom is -0.494 e. The summed E-state index contributed by atoms with van der Waals surface area (Å²) in [5.74, 6) is 2.48. The van der Waals surface area contributed by atoms with Gasteiger partial charge in [-0.3, -0.25) is 0 Å². The third-order valence-corrected chi connectivity index (χ3v) is 3.84. The fourth-order valence-electron chi connectivity index (χ4n) is 2.81.